The summed E-state index contributed by atoms with van der Waals surface area (Å²) >= 11 is 3.38. The number of halogens is 1. The first kappa shape index (κ1) is 17.3. The van der Waals surface area contributed by atoms with E-state index in [1.165, 1.54) is 0 Å². The number of likely N-dealkylation sites (tertiary alicyclic amines) is 1. The lowest BCUT2D eigenvalue weighted by molar-refractivity contribution is -0.128. The van der Waals surface area contributed by atoms with Gasteiger partial charge in [0.15, 0.2) is 6.10 Å². The highest BCUT2D eigenvalue weighted by Crippen LogP contribution is 2.18. The lowest BCUT2D eigenvalue weighted by Crippen LogP contribution is -2.49. The average molecular weight is 369 g/mol. The number of nitrogens with one attached hydrogen (secondary N) is 1. The Bertz CT molecular complexity index is 482. The van der Waals surface area contributed by atoms with E-state index in [2.05, 4.69) is 40.0 Å². The molecule has 1 aromatic rings. The molecule has 0 radical (unpaired) electrons. The van der Waals surface area contributed by atoms with Gasteiger partial charge >= 0.3 is 0 Å². The lowest BCUT2D eigenvalue weighted by atomic mass is 10.0. The second kappa shape index (κ2) is 7.97. The molecule has 22 heavy (non-hydrogen) atoms. The smallest absolute Gasteiger partial charge is 0.260 e. The Labute approximate surface area is 141 Å². The Kier molecular flexibility index (Phi) is 6.26. The second-order valence-corrected chi connectivity index (χ2v) is 7.04. The van der Waals surface area contributed by atoms with Gasteiger partial charge < -0.3 is 15.0 Å². The van der Waals surface area contributed by atoms with Crippen LogP contribution in [0.3, 0.4) is 0 Å². The third-order valence-electron chi connectivity index (χ3n) is 4.10. The van der Waals surface area contributed by atoms with E-state index >= 15 is 0 Å². The van der Waals surface area contributed by atoms with Crippen molar-refractivity contribution >= 4 is 21.8 Å². The molecule has 5 heteroatoms. The van der Waals surface area contributed by atoms with Crippen LogP contribution in [0.5, 0.6) is 5.75 Å². The Morgan fingerprint density at radius 3 is 2.36 bits per heavy atom. The maximum Gasteiger partial charge on any atom is 0.260 e. The molecule has 1 amide bonds. The first-order chi connectivity index (χ1) is 10.5. The van der Waals surface area contributed by atoms with Crippen LogP contribution in [0.4, 0.5) is 0 Å². The zero-order chi connectivity index (χ0) is 16.1. The van der Waals surface area contributed by atoms with Gasteiger partial charge in [0.05, 0.1) is 0 Å². The molecule has 1 fully saturated rings. The Morgan fingerprint density at radius 1 is 1.23 bits per heavy atom. The molecule has 1 atom stereocenters. The molecule has 1 N–H and O–H groups in total. The van der Waals surface area contributed by atoms with E-state index in [0.29, 0.717) is 11.8 Å². The SMILES string of the molecule is CC(C)N1CCC(NC(=O)[C@@H](C)Oc2ccc(Br)cc2)CC1. The highest BCUT2D eigenvalue weighted by atomic mass is 79.9. The standard InChI is InChI=1S/C17H25BrN2O2/c1-12(2)20-10-8-15(9-11-20)19-17(21)13(3)22-16-6-4-14(18)5-7-16/h4-7,12-13,15H,8-11H2,1-3H3,(H,19,21)/t13-/m1/s1. The Hall–Kier alpha value is -1.07. The summed E-state index contributed by atoms with van der Waals surface area (Å²) in [5.74, 6) is 0.673. The largest absolute Gasteiger partial charge is 0.481 e. The van der Waals surface area contributed by atoms with Crippen LogP contribution in [-0.2, 0) is 4.79 Å². The number of nitrogens with zero attached hydrogens (tertiary/aromatic N) is 1. The van der Waals surface area contributed by atoms with Crippen molar-refractivity contribution in [3.63, 3.8) is 0 Å². The molecule has 1 saturated heterocycles. The van der Waals surface area contributed by atoms with E-state index < -0.39 is 6.10 Å². The molecule has 0 spiro atoms. The number of carbonyl (C=O) groups is 1. The molecule has 0 bridgehead atoms. The fraction of sp³-hybridized carbons (Fsp3) is 0.588. The van der Waals surface area contributed by atoms with Gasteiger partial charge in [-0.05, 0) is 57.9 Å². The summed E-state index contributed by atoms with van der Waals surface area (Å²) in [5, 5.41) is 3.11. The molecule has 1 aromatic carbocycles. The lowest BCUT2D eigenvalue weighted by Gasteiger charge is -2.35. The van der Waals surface area contributed by atoms with Crippen molar-refractivity contribution in [1.82, 2.24) is 10.2 Å². The molecule has 0 unspecified atom stereocenters. The number of amides is 1. The number of rotatable bonds is 5. The molecule has 0 saturated carbocycles. The molecule has 0 aliphatic carbocycles. The predicted octanol–water partition coefficient (Wildman–Crippen LogP) is 3.21. The highest BCUT2D eigenvalue weighted by molar-refractivity contribution is 9.10. The molecular weight excluding hydrogens is 344 g/mol. The monoisotopic (exact) mass is 368 g/mol. The van der Waals surface area contributed by atoms with Gasteiger partial charge in [-0.3, -0.25) is 4.79 Å². The fourth-order valence-electron chi connectivity index (χ4n) is 2.65. The Morgan fingerprint density at radius 2 is 1.82 bits per heavy atom. The van der Waals surface area contributed by atoms with Gasteiger partial charge in [-0.25, -0.2) is 0 Å². The van der Waals surface area contributed by atoms with Crippen LogP contribution in [0.15, 0.2) is 28.7 Å². The molecule has 1 aliphatic heterocycles. The minimum atomic E-state index is -0.482. The quantitative estimate of drug-likeness (QED) is 0.867. The van der Waals surface area contributed by atoms with Crippen molar-refractivity contribution in [2.45, 2.75) is 51.8 Å². The minimum Gasteiger partial charge on any atom is -0.481 e. The third kappa shape index (κ3) is 4.99. The molecule has 2 rings (SSSR count). The number of hydrogen-bond donors (Lipinski definition) is 1. The second-order valence-electron chi connectivity index (χ2n) is 6.13. The first-order valence-corrected chi connectivity index (χ1v) is 8.71. The molecular formula is C17H25BrN2O2. The van der Waals surface area contributed by atoms with E-state index in [9.17, 15) is 4.79 Å². The van der Waals surface area contributed by atoms with Gasteiger partial charge in [0.25, 0.3) is 5.91 Å². The maximum absolute atomic E-state index is 12.2. The summed E-state index contributed by atoms with van der Waals surface area (Å²) in [6.45, 7) is 8.32. The van der Waals surface area contributed by atoms with Crippen LogP contribution < -0.4 is 10.1 Å². The van der Waals surface area contributed by atoms with Gasteiger partial charge in [0, 0.05) is 29.6 Å². The average Bonchev–Trinajstić information content (AvgIpc) is 2.50. The van der Waals surface area contributed by atoms with Gasteiger partial charge in [0.2, 0.25) is 0 Å². The van der Waals surface area contributed by atoms with Crippen LogP contribution >= 0.6 is 15.9 Å². The van der Waals surface area contributed by atoms with Crippen molar-refractivity contribution < 1.29 is 9.53 Å². The van der Waals surface area contributed by atoms with Crippen molar-refractivity contribution in [3.05, 3.63) is 28.7 Å². The molecule has 0 aromatic heterocycles. The van der Waals surface area contributed by atoms with Crippen molar-refractivity contribution in [3.8, 4) is 5.75 Å². The fourth-order valence-corrected chi connectivity index (χ4v) is 2.91. The predicted molar refractivity (Wildman–Crippen MR) is 92.1 cm³/mol. The third-order valence-corrected chi connectivity index (χ3v) is 4.63. The molecule has 122 valence electrons. The zero-order valence-corrected chi connectivity index (χ0v) is 15.1. The summed E-state index contributed by atoms with van der Waals surface area (Å²) in [4.78, 5) is 14.7. The van der Waals surface area contributed by atoms with Crippen molar-refractivity contribution in [2.24, 2.45) is 0 Å². The number of piperidine rings is 1. The normalized spacial score (nSPS) is 18.2. The van der Waals surface area contributed by atoms with Gasteiger partial charge in [-0.2, -0.15) is 0 Å². The van der Waals surface area contributed by atoms with E-state index in [1.807, 2.05) is 24.3 Å². The summed E-state index contributed by atoms with van der Waals surface area (Å²) < 4.78 is 6.68. The van der Waals surface area contributed by atoms with E-state index in [0.717, 1.165) is 30.4 Å². The summed E-state index contributed by atoms with van der Waals surface area (Å²) in [5.41, 5.74) is 0. The summed E-state index contributed by atoms with van der Waals surface area (Å²) in [6.07, 6.45) is 1.54. The molecule has 1 heterocycles. The van der Waals surface area contributed by atoms with E-state index in [4.69, 9.17) is 4.74 Å². The van der Waals surface area contributed by atoms with Gasteiger partial charge in [0.1, 0.15) is 5.75 Å². The maximum atomic E-state index is 12.2. The number of benzene rings is 1. The zero-order valence-electron chi connectivity index (χ0n) is 13.5. The van der Waals surface area contributed by atoms with Crippen LogP contribution in [-0.4, -0.2) is 42.1 Å². The van der Waals surface area contributed by atoms with Crippen molar-refractivity contribution in [1.29, 1.82) is 0 Å². The topological polar surface area (TPSA) is 41.6 Å². The van der Waals surface area contributed by atoms with Gasteiger partial charge in [-0.15, -0.1) is 0 Å². The molecule has 4 nitrogen and oxygen atoms in total. The number of ether oxygens (including phenoxy) is 1. The minimum absolute atomic E-state index is 0.0362. The van der Waals surface area contributed by atoms with Crippen molar-refractivity contribution in [2.75, 3.05) is 13.1 Å². The van der Waals surface area contributed by atoms with Gasteiger partial charge in [-0.1, -0.05) is 15.9 Å². The first-order valence-electron chi connectivity index (χ1n) is 7.92. The highest BCUT2D eigenvalue weighted by Gasteiger charge is 2.24. The number of carbonyl (C=O) groups excluding carboxylic acids is 1. The number of hydrogen-bond acceptors (Lipinski definition) is 3. The Balaban J connectivity index is 1.78. The van der Waals surface area contributed by atoms with E-state index in [-0.39, 0.29) is 11.9 Å². The summed E-state index contributed by atoms with van der Waals surface area (Å²) in [6, 6.07) is 8.36. The molecule has 1 aliphatic rings. The van der Waals surface area contributed by atoms with E-state index in [1.54, 1.807) is 6.92 Å². The summed E-state index contributed by atoms with van der Waals surface area (Å²) in [7, 11) is 0. The van der Waals surface area contributed by atoms with Crippen LogP contribution in [0, 0.1) is 0 Å². The van der Waals surface area contributed by atoms with Crippen LogP contribution in [0.1, 0.15) is 33.6 Å². The van der Waals surface area contributed by atoms with Crippen LogP contribution in [0.2, 0.25) is 0 Å². The van der Waals surface area contributed by atoms with Crippen LogP contribution in [0.25, 0.3) is 0 Å².